The van der Waals surface area contributed by atoms with Crippen LogP contribution in [0.25, 0.3) is 16.9 Å². The summed E-state index contributed by atoms with van der Waals surface area (Å²) < 4.78 is 1.85. The van der Waals surface area contributed by atoms with Crippen LogP contribution < -0.4 is 5.32 Å². The molecule has 1 aliphatic rings. The molecule has 1 N–H and O–H groups in total. The van der Waals surface area contributed by atoms with Gasteiger partial charge >= 0.3 is 0 Å². The molecule has 2 heterocycles. The van der Waals surface area contributed by atoms with Crippen molar-refractivity contribution in [1.82, 2.24) is 9.78 Å². The van der Waals surface area contributed by atoms with Gasteiger partial charge in [0.1, 0.15) is 0 Å². The number of hydrogen-bond acceptors (Lipinski definition) is 2. The summed E-state index contributed by atoms with van der Waals surface area (Å²) in [5, 5.41) is 8.09. The number of amides is 1. The third-order valence-corrected chi connectivity index (χ3v) is 3.98. The van der Waals surface area contributed by atoms with Crippen LogP contribution in [0, 0.1) is 0 Å². The molecular weight excluding hydrogens is 298 g/mol. The molecule has 2 aromatic carbocycles. The lowest BCUT2D eigenvalue weighted by Crippen LogP contribution is -2.12. The topological polar surface area (TPSA) is 46.9 Å². The van der Waals surface area contributed by atoms with Gasteiger partial charge in [0.15, 0.2) is 0 Å². The van der Waals surface area contributed by atoms with Gasteiger partial charge in [-0.2, -0.15) is 5.10 Å². The molecular formula is C17H12ClN3O. The lowest BCUT2D eigenvalue weighted by molar-refractivity contribution is -0.115. The van der Waals surface area contributed by atoms with Crippen molar-refractivity contribution in [1.29, 1.82) is 0 Å². The summed E-state index contributed by atoms with van der Waals surface area (Å²) in [6, 6.07) is 15.3. The van der Waals surface area contributed by atoms with Crippen LogP contribution in [0.5, 0.6) is 0 Å². The normalized spacial score (nSPS) is 13.0. The van der Waals surface area contributed by atoms with Crippen LogP contribution in [0.1, 0.15) is 5.56 Å². The standard InChI is InChI=1S/C17H12ClN3O/c18-12-5-7-13(8-6-12)21-17-11(10-19-21)9-16(22)20-15-4-2-1-3-14(15)17/h1-8,10H,9H2,(H,20,22). The highest BCUT2D eigenvalue weighted by molar-refractivity contribution is 6.30. The molecule has 0 bridgehead atoms. The van der Waals surface area contributed by atoms with E-state index in [0.29, 0.717) is 11.4 Å². The Bertz CT molecular complexity index is 868. The molecule has 1 aromatic heterocycles. The van der Waals surface area contributed by atoms with Gasteiger partial charge in [-0.05, 0) is 30.3 Å². The fourth-order valence-electron chi connectivity index (χ4n) is 2.74. The van der Waals surface area contributed by atoms with Crippen molar-refractivity contribution in [3.05, 3.63) is 65.3 Å². The van der Waals surface area contributed by atoms with E-state index in [1.807, 2.05) is 53.2 Å². The minimum atomic E-state index is -0.0261. The number of para-hydroxylation sites is 1. The number of fused-ring (bicyclic) bond motifs is 3. The van der Waals surface area contributed by atoms with E-state index in [0.717, 1.165) is 28.2 Å². The smallest absolute Gasteiger partial charge is 0.228 e. The highest BCUT2D eigenvalue weighted by Gasteiger charge is 2.23. The molecule has 0 radical (unpaired) electrons. The number of carbonyl (C=O) groups is 1. The van der Waals surface area contributed by atoms with Crippen LogP contribution in [0.3, 0.4) is 0 Å². The van der Waals surface area contributed by atoms with Gasteiger partial charge in [-0.15, -0.1) is 0 Å². The zero-order chi connectivity index (χ0) is 15.1. The molecule has 3 aromatic rings. The third-order valence-electron chi connectivity index (χ3n) is 3.72. The van der Waals surface area contributed by atoms with Crippen molar-refractivity contribution in [3.63, 3.8) is 0 Å². The number of nitrogens with one attached hydrogen (secondary N) is 1. The molecule has 1 aliphatic heterocycles. The fraction of sp³-hybridized carbons (Fsp3) is 0.0588. The number of aromatic nitrogens is 2. The highest BCUT2D eigenvalue weighted by atomic mass is 35.5. The molecule has 4 rings (SSSR count). The van der Waals surface area contributed by atoms with Crippen molar-refractivity contribution in [2.75, 3.05) is 5.32 Å². The van der Waals surface area contributed by atoms with Gasteiger partial charge in [0.05, 0.1) is 29.7 Å². The van der Waals surface area contributed by atoms with Crippen LogP contribution in [-0.2, 0) is 11.2 Å². The van der Waals surface area contributed by atoms with Gasteiger partial charge in [-0.1, -0.05) is 29.8 Å². The Morgan fingerprint density at radius 1 is 1.09 bits per heavy atom. The summed E-state index contributed by atoms with van der Waals surface area (Å²) in [4.78, 5) is 12.0. The molecule has 1 amide bonds. The highest BCUT2D eigenvalue weighted by Crippen LogP contribution is 2.35. The quantitative estimate of drug-likeness (QED) is 0.745. The average Bonchev–Trinajstić information content (AvgIpc) is 2.86. The Kier molecular flexibility index (Phi) is 2.98. The van der Waals surface area contributed by atoms with E-state index in [1.54, 1.807) is 6.20 Å². The van der Waals surface area contributed by atoms with Crippen molar-refractivity contribution in [2.45, 2.75) is 6.42 Å². The minimum Gasteiger partial charge on any atom is -0.325 e. The molecule has 0 saturated carbocycles. The van der Waals surface area contributed by atoms with Crippen molar-refractivity contribution in [2.24, 2.45) is 0 Å². The van der Waals surface area contributed by atoms with Crippen LogP contribution in [0.4, 0.5) is 5.69 Å². The second-order valence-corrected chi connectivity index (χ2v) is 5.61. The van der Waals surface area contributed by atoms with Gasteiger partial charge in [-0.3, -0.25) is 4.79 Å². The first-order chi connectivity index (χ1) is 10.7. The predicted octanol–water partition coefficient (Wildman–Crippen LogP) is 3.69. The molecule has 0 atom stereocenters. The van der Waals surface area contributed by atoms with Gasteiger partial charge < -0.3 is 5.32 Å². The molecule has 22 heavy (non-hydrogen) atoms. The fourth-order valence-corrected chi connectivity index (χ4v) is 2.87. The maximum atomic E-state index is 12.0. The number of halogens is 1. The zero-order valence-electron chi connectivity index (χ0n) is 11.6. The second-order valence-electron chi connectivity index (χ2n) is 5.18. The molecule has 0 aliphatic carbocycles. The summed E-state index contributed by atoms with van der Waals surface area (Å²) in [7, 11) is 0. The van der Waals surface area contributed by atoms with Crippen LogP contribution in [-0.4, -0.2) is 15.7 Å². The van der Waals surface area contributed by atoms with Gasteiger partial charge in [0.25, 0.3) is 0 Å². The third kappa shape index (κ3) is 2.09. The van der Waals surface area contributed by atoms with Gasteiger partial charge in [0.2, 0.25) is 5.91 Å². The molecule has 4 nitrogen and oxygen atoms in total. The van der Waals surface area contributed by atoms with Crippen LogP contribution in [0.2, 0.25) is 5.02 Å². The van der Waals surface area contributed by atoms with E-state index in [1.165, 1.54) is 0 Å². The molecule has 0 saturated heterocycles. The van der Waals surface area contributed by atoms with Gasteiger partial charge in [0, 0.05) is 16.1 Å². The minimum absolute atomic E-state index is 0.0261. The number of nitrogens with zero attached hydrogens (tertiary/aromatic N) is 2. The number of rotatable bonds is 1. The number of anilines is 1. The van der Waals surface area contributed by atoms with E-state index in [9.17, 15) is 4.79 Å². The Labute approximate surface area is 132 Å². The maximum Gasteiger partial charge on any atom is 0.228 e. The first-order valence-corrected chi connectivity index (χ1v) is 7.32. The van der Waals surface area contributed by atoms with E-state index >= 15 is 0 Å². The monoisotopic (exact) mass is 309 g/mol. The molecule has 0 unspecified atom stereocenters. The van der Waals surface area contributed by atoms with E-state index < -0.39 is 0 Å². The summed E-state index contributed by atoms with van der Waals surface area (Å²) in [6.07, 6.45) is 2.07. The van der Waals surface area contributed by atoms with Gasteiger partial charge in [-0.25, -0.2) is 4.68 Å². The Hall–Kier alpha value is -2.59. The Morgan fingerprint density at radius 3 is 2.68 bits per heavy atom. The van der Waals surface area contributed by atoms with Crippen molar-refractivity contribution < 1.29 is 4.79 Å². The van der Waals surface area contributed by atoms with E-state index in [-0.39, 0.29) is 5.91 Å². The molecule has 0 spiro atoms. The summed E-state index contributed by atoms with van der Waals surface area (Å²) in [5.74, 6) is -0.0261. The summed E-state index contributed by atoms with van der Waals surface area (Å²) in [6.45, 7) is 0. The Balaban J connectivity index is 1.97. The van der Waals surface area contributed by atoms with E-state index in [2.05, 4.69) is 10.4 Å². The predicted molar refractivity (Wildman–Crippen MR) is 86.3 cm³/mol. The van der Waals surface area contributed by atoms with E-state index in [4.69, 9.17) is 11.6 Å². The van der Waals surface area contributed by atoms with Crippen LogP contribution in [0.15, 0.2) is 54.7 Å². The van der Waals surface area contributed by atoms with Crippen LogP contribution >= 0.6 is 11.6 Å². The SMILES string of the molecule is O=C1Cc2cnn(-c3ccc(Cl)cc3)c2-c2ccccc2N1. The van der Waals surface area contributed by atoms with Crippen molar-refractivity contribution in [3.8, 4) is 16.9 Å². The largest absolute Gasteiger partial charge is 0.325 e. The first-order valence-electron chi connectivity index (χ1n) is 6.94. The molecule has 108 valence electrons. The molecule has 5 heteroatoms. The first kappa shape index (κ1) is 13.1. The zero-order valence-corrected chi connectivity index (χ0v) is 12.3. The van der Waals surface area contributed by atoms with Crippen molar-refractivity contribution >= 4 is 23.2 Å². The second kappa shape index (κ2) is 5.00. The summed E-state index contributed by atoms with van der Waals surface area (Å²) in [5.41, 5.74) is 4.54. The number of hydrogen-bond donors (Lipinski definition) is 1. The lowest BCUT2D eigenvalue weighted by Gasteiger charge is -2.11. The number of carbonyl (C=O) groups excluding carboxylic acids is 1. The Morgan fingerprint density at radius 2 is 1.86 bits per heavy atom. The number of benzene rings is 2. The lowest BCUT2D eigenvalue weighted by atomic mass is 10.1. The molecule has 0 fully saturated rings. The maximum absolute atomic E-state index is 12.0. The summed E-state index contributed by atoms with van der Waals surface area (Å²) >= 11 is 5.96. The average molecular weight is 310 g/mol.